The van der Waals surface area contributed by atoms with E-state index in [0.29, 0.717) is 19.5 Å². The highest BCUT2D eigenvalue weighted by molar-refractivity contribution is 6.47. The lowest BCUT2D eigenvalue weighted by Gasteiger charge is -2.29. The van der Waals surface area contributed by atoms with E-state index in [-0.39, 0.29) is 17.4 Å². The van der Waals surface area contributed by atoms with Crippen LogP contribution in [0.2, 0.25) is 0 Å². The molecule has 0 fully saturated rings. The van der Waals surface area contributed by atoms with Crippen LogP contribution < -0.4 is 26.8 Å². The fraction of sp³-hybridized carbons (Fsp3) is 0.316. The van der Waals surface area contributed by atoms with Gasteiger partial charge in [0.2, 0.25) is 0 Å². The first kappa shape index (κ1) is 20.0. The maximum Gasteiger partial charge on any atom is 0.546 e. The minimum absolute atomic E-state index is 0.0491. The number of carbonyl (C=O) groups is 1. The standard InChI is InChI=1S/C19H25BN4O4/c1-11-5-6-14(8-16(11)23-10-13(22)9-21)24-17-7-12-3-2-4-15(19(25)26)18(12)28-20(17)27/h2-6,8,13,17,23-24,27H,7,9-10,21-22H2,1H3,(H,25,26)/t13-,17+/m1/s1. The van der Waals surface area contributed by atoms with Crippen LogP contribution in [0, 0.1) is 6.92 Å². The molecular weight excluding hydrogens is 359 g/mol. The van der Waals surface area contributed by atoms with Crippen molar-refractivity contribution >= 4 is 24.5 Å². The van der Waals surface area contributed by atoms with Gasteiger partial charge in [-0.2, -0.15) is 0 Å². The summed E-state index contributed by atoms with van der Waals surface area (Å²) in [5, 5.41) is 26.2. The molecule has 9 heteroatoms. The number of rotatable bonds is 7. The van der Waals surface area contributed by atoms with Gasteiger partial charge >= 0.3 is 13.1 Å². The first-order chi connectivity index (χ1) is 13.4. The van der Waals surface area contributed by atoms with Crippen LogP contribution >= 0.6 is 0 Å². The molecule has 1 aliphatic rings. The van der Waals surface area contributed by atoms with E-state index in [2.05, 4.69) is 10.6 Å². The van der Waals surface area contributed by atoms with E-state index >= 15 is 0 Å². The second-order valence-electron chi connectivity index (χ2n) is 6.97. The van der Waals surface area contributed by atoms with Crippen molar-refractivity contribution in [1.29, 1.82) is 0 Å². The smallest absolute Gasteiger partial charge is 0.534 e. The third-order valence-corrected chi connectivity index (χ3v) is 4.80. The lowest BCUT2D eigenvalue weighted by molar-refractivity contribution is 0.0694. The van der Waals surface area contributed by atoms with Crippen molar-refractivity contribution in [3.8, 4) is 5.75 Å². The Labute approximate surface area is 164 Å². The number of benzene rings is 2. The molecule has 148 valence electrons. The molecule has 0 saturated carbocycles. The summed E-state index contributed by atoms with van der Waals surface area (Å²) in [7, 11) is -1.17. The molecule has 0 radical (unpaired) electrons. The van der Waals surface area contributed by atoms with Crippen molar-refractivity contribution in [3.05, 3.63) is 53.1 Å². The summed E-state index contributed by atoms with van der Waals surface area (Å²) < 4.78 is 5.52. The van der Waals surface area contributed by atoms with Gasteiger partial charge in [-0.1, -0.05) is 18.2 Å². The summed E-state index contributed by atoms with van der Waals surface area (Å²) >= 11 is 0. The molecule has 0 amide bonds. The molecule has 0 spiro atoms. The Morgan fingerprint density at radius 2 is 2.18 bits per heavy atom. The second-order valence-corrected chi connectivity index (χ2v) is 6.97. The maximum absolute atomic E-state index is 11.4. The SMILES string of the molecule is Cc1ccc(N[C@H]2Cc3cccc(C(=O)O)c3OB2O)cc1NC[C@H](N)CN. The number of aromatic carboxylic acids is 1. The summed E-state index contributed by atoms with van der Waals surface area (Å²) in [6.07, 6.45) is 0.437. The highest BCUT2D eigenvalue weighted by Crippen LogP contribution is 2.31. The number of carboxylic acid groups (broad SMARTS) is 1. The molecule has 0 aliphatic carbocycles. The normalized spacial score (nSPS) is 16.7. The van der Waals surface area contributed by atoms with Crippen molar-refractivity contribution in [2.45, 2.75) is 25.3 Å². The van der Waals surface area contributed by atoms with E-state index in [1.165, 1.54) is 6.07 Å². The minimum atomic E-state index is -1.17. The van der Waals surface area contributed by atoms with Crippen LogP contribution in [0.15, 0.2) is 36.4 Å². The Bertz CT molecular complexity index is 864. The number of aryl methyl sites for hydroxylation is 1. The molecule has 0 saturated heterocycles. The summed E-state index contributed by atoms with van der Waals surface area (Å²) in [5.41, 5.74) is 15.0. The molecule has 1 heterocycles. The van der Waals surface area contributed by atoms with Gasteiger partial charge in [0.1, 0.15) is 5.75 Å². The van der Waals surface area contributed by atoms with Crippen molar-refractivity contribution in [1.82, 2.24) is 0 Å². The van der Waals surface area contributed by atoms with Gasteiger partial charge in [-0.05, 0) is 42.7 Å². The van der Waals surface area contributed by atoms with Crippen molar-refractivity contribution < 1.29 is 19.6 Å². The summed E-state index contributed by atoms with van der Waals surface area (Å²) in [4.78, 5) is 11.4. The Morgan fingerprint density at radius 1 is 1.39 bits per heavy atom. The number of hydrogen-bond acceptors (Lipinski definition) is 7. The number of anilines is 2. The summed E-state index contributed by atoms with van der Waals surface area (Å²) in [6.45, 7) is 2.94. The highest BCUT2D eigenvalue weighted by atomic mass is 16.5. The molecule has 0 bridgehead atoms. The average molecular weight is 384 g/mol. The fourth-order valence-electron chi connectivity index (χ4n) is 3.16. The van der Waals surface area contributed by atoms with Gasteiger partial charge in [0.25, 0.3) is 0 Å². The summed E-state index contributed by atoms with van der Waals surface area (Å²) in [5.74, 6) is -1.28. The van der Waals surface area contributed by atoms with Gasteiger partial charge < -0.3 is 36.9 Å². The lowest BCUT2D eigenvalue weighted by atomic mass is 9.72. The zero-order valence-corrected chi connectivity index (χ0v) is 15.7. The van der Waals surface area contributed by atoms with Crippen LogP contribution in [-0.4, -0.2) is 48.3 Å². The Kier molecular flexibility index (Phi) is 6.08. The zero-order valence-electron chi connectivity index (χ0n) is 15.7. The van der Waals surface area contributed by atoms with Crippen LogP contribution in [-0.2, 0) is 6.42 Å². The van der Waals surface area contributed by atoms with Crippen LogP contribution in [0.5, 0.6) is 5.75 Å². The van der Waals surface area contributed by atoms with Crippen LogP contribution in [0.3, 0.4) is 0 Å². The van der Waals surface area contributed by atoms with Crippen LogP contribution in [0.4, 0.5) is 11.4 Å². The van der Waals surface area contributed by atoms with E-state index < -0.39 is 19.0 Å². The molecular formula is C19H25BN4O4. The largest absolute Gasteiger partial charge is 0.546 e. The van der Waals surface area contributed by atoms with E-state index in [0.717, 1.165) is 22.5 Å². The first-order valence-electron chi connectivity index (χ1n) is 9.15. The molecule has 3 rings (SSSR count). The van der Waals surface area contributed by atoms with E-state index in [4.69, 9.17) is 16.1 Å². The molecule has 0 aromatic heterocycles. The predicted molar refractivity (Wildman–Crippen MR) is 110 cm³/mol. The number of carboxylic acids is 1. The summed E-state index contributed by atoms with van der Waals surface area (Å²) in [6, 6.07) is 10.6. The topological polar surface area (TPSA) is 143 Å². The van der Waals surface area contributed by atoms with Gasteiger partial charge in [-0.25, -0.2) is 4.79 Å². The third-order valence-electron chi connectivity index (χ3n) is 4.80. The van der Waals surface area contributed by atoms with Crippen molar-refractivity contribution in [3.63, 3.8) is 0 Å². The third kappa shape index (κ3) is 4.38. The molecule has 2 aromatic rings. The molecule has 8 nitrogen and oxygen atoms in total. The van der Waals surface area contributed by atoms with Gasteiger partial charge in [0.15, 0.2) is 0 Å². The monoisotopic (exact) mass is 384 g/mol. The molecule has 8 N–H and O–H groups in total. The Balaban J connectivity index is 1.75. The number of para-hydroxylation sites is 1. The molecule has 0 unspecified atom stereocenters. The molecule has 1 aliphatic heterocycles. The Morgan fingerprint density at radius 3 is 2.89 bits per heavy atom. The fourth-order valence-corrected chi connectivity index (χ4v) is 3.16. The minimum Gasteiger partial charge on any atom is -0.534 e. The van der Waals surface area contributed by atoms with E-state index in [1.54, 1.807) is 12.1 Å². The van der Waals surface area contributed by atoms with Gasteiger partial charge in [0, 0.05) is 30.5 Å². The number of hydrogen-bond donors (Lipinski definition) is 6. The lowest BCUT2D eigenvalue weighted by Crippen LogP contribution is -2.47. The van der Waals surface area contributed by atoms with Gasteiger partial charge in [0.05, 0.1) is 11.5 Å². The molecule has 2 aromatic carbocycles. The number of fused-ring (bicyclic) bond motifs is 1. The van der Waals surface area contributed by atoms with E-state index in [9.17, 15) is 14.9 Å². The van der Waals surface area contributed by atoms with Crippen molar-refractivity contribution in [2.24, 2.45) is 11.5 Å². The quantitative estimate of drug-likeness (QED) is 0.385. The first-order valence-corrected chi connectivity index (χ1v) is 9.15. The maximum atomic E-state index is 11.4. The van der Waals surface area contributed by atoms with Crippen LogP contribution in [0.1, 0.15) is 21.5 Å². The predicted octanol–water partition coefficient (Wildman–Crippen LogP) is 0.826. The number of nitrogens with two attached hydrogens (primary N) is 2. The Hall–Kier alpha value is -2.75. The van der Waals surface area contributed by atoms with Crippen molar-refractivity contribution in [2.75, 3.05) is 23.7 Å². The van der Waals surface area contributed by atoms with Crippen LogP contribution in [0.25, 0.3) is 0 Å². The average Bonchev–Trinajstić information content (AvgIpc) is 2.68. The van der Waals surface area contributed by atoms with Gasteiger partial charge in [-0.15, -0.1) is 0 Å². The second kappa shape index (κ2) is 8.51. The molecule has 2 atom stereocenters. The van der Waals surface area contributed by atoms with E-state index in [1.807, 2.05) is 25.1 Å². The molecule has 28 heavy (non-hydrogen) atoms. The number of nitrogens with one attached hydrogen (secondary N) is 2. The zero-order chi connectivity index (χ0) is 20.3. The van der Waals surface area contributed by atoms with Gasteiger partial charge in [-0.3, -0.25) is 0 Å². The highest BCUT2D eigenvalue weighted by Gasteiger charge is 2.36.